The Hall–Kier alpha value is -1.15. The highest BCUT2D eigenvalue weighted by Crippen LogP contribution is 2.26. The van der Waals surface area contributed by atoms with E-state index < -0.39 is 5.92 Å². The summed E-state index contributed by atoms with van der Waals surface area (Å²) in [6, 6.07) is 14.0. The molecule has 0 bridgehead atoms. The Labute approximate surface area is 138 Å². The molecule has 5 heteroatoms. The zero-order chi connectivity index (χ0) is 14.7. The highest BCUT2D eigenvalue weighted by molar-refractivity contribution is 9.11. The number of Topliss-reactive ketones (excluding diaryl/α,β-unsaturated/α-hetero) is 1. The predicted octanol–water partition coefficient (Wildman–Crippen LogP) is 5.36. The highest BCUT2D eigenvalue weighted by Gasteiger charge is 2.22. The molecule has 0 heterocycles. The van der Waals surface area contributed by atoms with E-state index in [9.17, 15) is 10.1 Å². The molecule has 2 nitrogen and oxygen atoms in total. The van der Waals surface area contributed by atoms with Crippen LogP contribution in [0.4, 0.5) is 0 Å². The minimum Gasteiger partial charge on any atom is -0.292 e. The molecule has 0 aromatic heterocycles. The van der Waals surface area contributed by atoms with E-state index in [2.05, 4.69) is 37.9 Å². The van der Waals surface area contributed by atoms with Gasteiger partial charge in [0.05, 0.1) is 6.07 Å². The van der Waals surface area contributed by atoms with Crippen molar-refractivity contribution in [3.63, 3.8) is 0 Å². The number of carbonyl (C=O) groups is 1. The molecule has 100 valence electrons. The molecule has 1 unspecified atom stereocenters. The van der Waals surface area contributed by atoms with Crippen LogP contribution in [0.1, 0.15) is 21.8 Å². The summed E-state index contributed by atoms with van der Waals surface area (Å²) in [6.45, 7) is 0. The van der Waals surface area contributed by atoms with Crippen molar-refractivity contribution in [1.82, 2.24) is 0 Å². The molecular weight excluding hydrogens is 405 g/mol. The van der Waals surface area contributed by atoms with Gasteiger partial charge in [0.15, 0.2) is 5.78 Å². The van der Waals surface area contributed by atoms with Crippen molar-refractivity contribution in [3.8, 4) is 6.07 Å². The molecule has 20 heavy (non-hydrogen) atoms. The summed E-state index contributed by atoms with van der Waals surface area (Å²) >= 11 is 12.5. The summed E-state index contributed by atoms with van der Waals surface area (Å²) in [5, 5.41) is 9.86. The third-order valence-corrected chi connectivity index (χ3v) is 3.91. The van der Waals surface area contributed by atoms with E-state index in [0.717, 1.165) is 8.95 Å². The Morgan fingerprint density at radius 2 is 1.65 bits per heavy atom. The van der Waals surface area contributed by atoms with Gasteiger partial charge in [0.25, 0.3) is 0 Å². The number of benzene rings is 2. The van der Waals surface area contributed by atoms with Crippen LogP contribution in [0.15, 0.2) is 51.4 Å². The molecule has 0 amide bonds. The third kappa shape index (κ3) is 3.49. The van der Waals surface area contributed by atoms with Crippen LogP contribution in [0.3, 0.4) is 0 Å². The maximum absolute atomic E-state index is 12.5. The molecular formula is C15H8Br2ClNO. The number of carbonyl (C=O) groups excluding carboxylic acids is 1. The first-order valence-corrected chi connectivity index (χ1v) is 7.63. The normalized spacial score (nSPS) is 11.7. The van der Waals surface area contributed by atoms with Crippen LogP contribution in [-0.4, -0.2) is 5.78 Å². The van der Waals surface area contributed by atoms with Crippen molar-refractivity contribution in [3.05, 3.63) is 67.6 Å². The van der Waals surface area contributed by atoms with Crippen molar-refractivity contribution in [1.29, 1.82) is 5.26 Å². The van der Waals surface area contributed by atoms with E-state index in [1.807, 2.05) is 6.07 Å². The molecule has 0 N–H and O–H groups in total. The fourth-order valence-electron chi connectivity index (χ4n) is 1.80. The van der Waals surface area contributed by atoms with Gasteiger partial charge in [-0.15, -0.1) is 0 Å². The second kappa shape index (κ2) is 6.53. The van der Waals surface area contributed by atoms with Crippen molar-refractivity contribution in [2.75, 3.05) is 0 Å². The summed E-state index contributed by atoms with van der Waals surface area (Å²) in [5.74, 6) is -1.08. The van der Waals surface area contributed by atoms with Crippen molar-refractivity contribution < 1.29 is 4.79 Å². The quantitative estimate of drug-likeness (QED) is 0.636. The largest absolute Gasteiger partial charge is 0.292 e. The van der Waals surface area contributed by atoms with E-state index in [1.165, 1.54) is 0 Å². The third-order valence-electron chi connectivity index (χ3n) is 2.74. The van der Waals surface area contributed by atoms with E-state index in [0.29, 0.717) is 16.1 Å². The van der Waals surface area contributed by atoms with Crippen LogP contribution in [0, 0.1) is 11.3 Å². The lowest BCUT2D eigenvalue weighted by Crippen LogP contribution is -2.11. The fourth-order valence-corrected chi connectivity index (χ4v) is 3.22. The molecule has 2 rings (SSSR count). The number of hydrogen-bond acceptors (Lipinski definition) is 2. The zero-order valence-corrected chi connectivity index (χ0v) is 14.0. The van der Waals surface area contributed by atoms with Crippen LogP contribution in [-0.2, 0) is 0 Å². The standard InChI is InChI=1S/C15H8Br2ClNO/c16-11-5-10(6-12(17)7-11)15(20)14(8-19)9-1-3-13(18)4-2-9/h1-7,14H. The number of nitriles is 1. The van der Waals surface area contributed by atoms with Crippen LogP contribution < -0.4 is 0 Å². The van der Waals surface area contributed by atoms with Crippen LogP contribution >= 0.6 is 43.5 Å². The SMILES string of the molecule is N#CC(C(=O)c1cc(Br)cc(Br)c1)c1ccc(Cl)cc1. The van der Waals surface area contributed by atoms with E-state index in [1.54, 1.807) is 36.4 Å². The average molecular weight is 413 g/mol. The summed E-state index contributed by atoms with van der Waals surface area (Å²) < 4.78 is 1.56. The molecule has 0 aliphatic rings. The van der Waals surface area contributed by atoms with Crippen molar-refractivity contribution in [2.45, 2.75) is 5.92 Å². The Morgan fingerprint density at radius 1 is 1.10 bits per heavy atom. The smallest absolute Gasteiger partial charge is 0.184 e. The first-order valence-electron chi connectivity index (χ1n) is 5.66. The van der Waals surface area contributed by atoms with Gasteiger partial charge in [-0.2, -0.15) is 5.26 Å². The maximum atomic E-state index is 12.5. The molecule has 0 aliphatic carbocycles. The van der Waals surface area contributed by atoms with E-state index in [-0.39, 0.29) is 5.78 Å². The molecule has 2 aromatic carbocycles. The van der Waals surface area contributed by atoms with Crippen LogP contribution in [0.2, 0.25) is 5.02 Å². The fraction of sp³-hybridized carbons (Fsp3) is 0.0667. The lowest BCUT2D eigenvalue weighted by Gasteiger charge is -2.09. The summed E-state index contributed by atoms with van der Waals surface area (Å²) in [4.78, 5) is 12.5. The zero-order valence-electron chi connectivity index (χ0n) is 10.1. The van der Waals surface area contributed by atoms with Crippen LogP contribution in [0.5, 0.6) is 0 Å². The molecule has 0 saturated heterocycles. The minimum absolute atomic E-state index is 0.239. The Balaban J connectivity index is 2.39. The molecule has 1 atom stereocenters. The molecule has 0 saturated carbocycles. The molecule has 2 aromatic rings. The predicted molar refractivity (Wildman–Crippen MR) is 86.0 cm³/mol. The minimum atomic E-state index is -0.839. The second-order valence-corrected chi connectivity index (χ2v) is 6.40. The van der Waals surface area contributed by atoms with Gasteiger partial charge in [0.1, 0.15) is 5.92 Å². The second-order valence-electron chi connectivity index (χ2n) is 4.14. The number of ketones is 1. The van der Waals surface area contributed by atoms with Gasteiger partial charge in [-0.3, -0.25) is 4.79 Å². The number of hydrogen-bond donors (Lipinski definition) is 0. The van der Waals surface area contributed by atoms with Gasteiger partial charge in [0, 0.05) is 19.5 Å². The Bertz CT molecular complexity index is 672. The van der Waals surface area contributed by atoms with Gasteiger partial charge >= 0.3 is 0 Å². The lowest BCUT2D eigenvalue weighted by molar-refractivity contribution is 0.0978. The van der Waals surface area contributed by atoms with Crippen molar-refractivity contribution in [2.24, 2.45) is 0 Å². The monoisotopic (exact) mass is 411 g/mol. The summed E-state index contributed by atoms with van der Waals surface area (Å²) in [7, 11) is 0. The summed E-state index contributed by atoms with van der Waals surface area (Å²) in [5.41, 5.74) is 1.12. The van der Waals surface area contributed by atoms with E-state index in [4.69, 9.17) is 11.6 Å². The highest BCUT2D eigenvalue weighted by atomic mass is 79.9. The number of halogens is 3. The van der Waals surface area contributed by atoms with Crippen molar-refractivity contribution >= 4 is 49.2 Å². The molecule has 0 radical (unpaired) electrons. The topological polar surface area (TPSA) is 40.9 Å². The molecule has 0 spiro atoms. The van der Waals surface area contributed by atoms with Gasteiger partial charge in [-0.1, -0.05) is 55.6 Å². The van der Waals surface area contributed by atoms with Gasteiger partial charge in [-0.25, -0.2) is 0 Å². The Morgan fingerprint density at radius 3 is 2.15 bits per heavy atom. The molecule has 0 aliphatic heterocycles. The average Bonchev–Trinajstić information content (AvgIpc) is 2.40. The Kier molecular flexibility index (Phi) is 4.98. The van der Waals surface area contributed by atoms with Crippen LogP contribution in [0.25, 0.3) is 0 Å². The summed E-state index contributed by atoms with van der Waals surface area (Å²) in [6.07, 6.45) is 0. The maximum Gasteiger partial charge on any atom is 0.184 e. The number of nitrogens with zero attached hydrogens (tertiary/aromatic N) is 1. The lowest BCUT2D eigenvalue weighted by atomic mass is 9.92. The number of rotatable bonds is 3. The first-order chi connectivity index (χ1) is 9.51. The van der Waals surface area contributed by atoms with E-state index >= 15 is 0 Å². The van der Waals surface area contributed by atoms with Gasteiger partial charge in [0.2, 0.25) is 0 Å². The van der Waals surface area contributed by atoms with Gasteiger partial charge in [-0.05, 0) is 35.9 Å². The molecule has 0 fully saturated rings. The first kappa shape index (κ1) is 15.2. The van der Waals surface area contributed by atoms with Gasteiger partial charge < -0.3 is 0 Å².